The lowest BCUT2D eigenvalue weighted by Gasteiger charge is -2.01. The topological polar surface area (TPSA) is 30.7 Å². The molecule has 0 bridgehead atoms. The summed E-state index contributed by atoms with van der Waals surface area (Å²) >= 11 is 5.96. The average molecular weight is 212 g/mol. The molecular formula is C9H7ClFN3. The maximum absolute atomic E-state index is 12.5. The van der Waals surface area contributed by atoms with Gasteiger partial charge in [0.1, 0.15) is 5.15 Å². The van der Waals surface area contributed by atoms with Crippen molar-refractivity contribution in [2.75, 3.05) is 0 Å². The van der Waals surface area contributed by atoms with Crippen LogP contribution in [0.2, 0.25) is 5.15 Å². The maximum Gasteiger partial charge on any atom is 0.212 e. The van der Waals surface area contributed by atoms with Crippen LogP contribution < -0.4 is 0 Å². The van der Waals surface area contributed by atoms with E-state index >= 15 is 0 Å². The number of halogens is 2. The molecule has 0 aliphatic carbocycles. The van der Waals surface area contributed by atoms with E-state index in [2.05, 4.69) is 10.1 Å². The standard InChI is InChI=1S/C9H7ClFN3/c1-6-4-13-14(9(6)10)7-2-3-8(11)12-5-7/h2-5H,1H3. The smallest absolute Gasteiger partial charge is 0.212 e. The number of pyridine rings is 1. The van der Waals surface area contributed by atoms with Gasteiger partial charge in [-0.05, 0) is 19.1 Å². The highest BCUT2D eigenvalue weighted by Crippen LogP contribution is 2.18. The fourth-order valence-corrected chi connectivity index (χ4v) is 1.28. The molecule has 0 radical (unpaired) electrons. The zero-order valence-electron chi connectivity index (χ0n) is 7.41. The molecule has 0 N–H and O–H groups in total. The quantitative estimate of drug-likeness (QED) is 0.678. The summed E-state index contributed by atoms with van der Waals surface area (Å²) in [5, 5.41) is 4.55. The minimum Gasteiger partial charge on any atom is -0.226 e. The summed E-state index contributed by atoms with van der Waals surface area (Å²) in [6.07, 6.45) is 3.03. The summed E-state index contributed by atoms with van der Waals surface area (Å²) in [4.78, 5) is 3.52. The molecule has 0 amide bonds. The Morgan fingerprint density at radius 2 is 2.14 bits per heavy atom. The first-order chi connectivity index (χ1) is 6.68. The highest BCUT2D eigenvalue weighted by atomic mass is 35.5. The van der Waals surface area contributed by atoms with Gasteiger partial charge < -0.3 is 0 Å². The summed E-state index contributed by atoms with van der Waals surface area (Å²) in [5.74, 6) is -0.520. The van der Waals surface area contributed by atoms with Crippen LogP contribution in [0, 0.1) is 12.9 Å². The van der Waals surface area contributed by atoms with E-state index in [1.165, 1.54) is 16.9 Å². The largest absolute Gasteiger partial charge is 0.226 e. The zero-order chi connectivity index (χ0) is 10.1. The molecule has 72 valence electrons. The van der Waals surface area contributed by atoms with Crippen molar-refractivity contribution in [1.82, 2.24) is 14.8 Å². The minimum atomic E-state index is -0.520. The fraction of sp³-hybridized carbons (Fsp3) is 0.111. The van der Waals surface area contributed by atoms with E-state index in [0.717, 1.165) is 5.56 Å². The van der Waals surface area contributed by atoms with Gasteiger partial charge in [0.2, 0.25) is 5.95 Å². The molecule has 0 unspecified atom stereocenters. The van der Waals surface area contributed by atoms with Gasteiger partial charge in [0.05, 0.1) is 18.1 Å². The van der Waals surface area contributed by atoms with Crippen LogP contribution in [-0.2, 0) is 0 Å². The molecule has 3 nitrogen and oxygen atoms in total. The third kappa shape index (κ3) is 1.48. The third-order valence-corrected chi connectivity index (χ3v) is 2.29. The van der Waals surface area contributed by atoms with Crippen LogP contribution in [0.25, 0.3) is 5.69 Å². The molecule has 0 atom stereocenters. The summed E-state index contributed by atoms with van der Waals surface area (Å²) < 4.78 is 14.0. The number of rotatable bonds is 1. The molecule has 2 heterocycles. The highest BCUT2D eigenvalue weighted by molar-refractivity contribution is 6.30. The van der Waals surface area contributed by atoms with Crippen LogP contribution in [0.1, 0.15) is 5.56 Å². The van der Waals surface area contributed by atoms with Gasteiger partial charge in [-0.3, -0.25) is 0 Å². The number of hydrogen-bond acceptors (Lipinski definition) is 2. The van der Waals surface area contributed by atoms with E-state index in [0.29, 0.717) is 10.8 Å². The predicted octanol–water partition coefficient (Wildman–Crippen LogP) is 2.37. The van der Waals surface area contributed by atoms with Crippen molar-refractivity contribution >= 4 is 11.6 Å². The van der Waals surface area contributed by atoms with Crippen molar-refractivity contribution in [1.29, 1.82) is 0 Å². The van der Waals surface area contributed by atoms with Gasteiger partial charge in [-0.2, -0.15) is 9.49 Å². The van der Waals surface area contributed by atoms with Gasteiger partial charge in [-0.1, -0.05) is 11.6 Å². The van der Waals surface area contributed by atoms with Crippen molar-refractivity contribution in [3.63, 3.8) is 0 Å². The van der Waals surface area contributed by atoms with Crippen molar-refractivity contribution < 1.29 is 4.39 Å². The van der Waals surface area contributed by atoms with Crippen molar-refractivity contribution in [2.45, 2.75) is 6.92 Å². The zero-order valence-corrected chi connectivity index (χ0v) is 8.16. The van der Waals surface area contributed by atoms with Crippen LogP contribution in [0.4, 0.5) is 4.39 Å². The van der Waals surface area contributed by atoms with Crippen LogP contribution in [-0.4, -0.2) is 14.8 Å². The Labute approximate surface area is 85.1 Å². The predicted molar refractivity (Wildman–Crippen MR) is 51.1 cm³/mol. The molecule has 0 saturated carbocycles. The monoisotopic (exact) mass is 211 g/mol. The van der Waals surface area contributed by atoms with E-state index in [9.17, 15) is 4.39 Å². The van der Waals surface area contributed by atoms with E-state index in [4.69, 9.17) is 11.6 Å². The highest BCUT2D eigenvalue weighted by Gasteiger charge is 2.06. The third-order valence-electron chi connectivity index (χ3n) is 1.83. The SMILES string of the molecule is Cc1cnn(-c2ccc(F)nc2)c1Cl. The maximum atomic E-state index is 12.5. The molecule has 5 heteroatoms. The Hall–Kier alpha value is -1.42. The molecule has 2 aromatic heterocycles. The van der Waals surface area contributed by atoms with Gasteiger partial charge in [-0.15, -0.1) is 0 Å². The lowest BCUT2D eigenvalue weighted by Crippen LogP contribution is -1.97. The molecule has 0 aliphatic heterocycles. The first-order valence-electron chi connectivity index (χ1n) is 4.00. The van der Waals surface area contributed by atoms with Gasteiger partial charge in [0.15, 0.2) is 0 Å². The molecule has 0 saturated heterocycles. The number of aromatic nitrogens is 3. The second kappa shape index (κ2) is 3.38. The van der Waals surface area contributed by atoms with Gasteiger partial charge >= 0.3 is 0 Å². The Balaban J connectivity index is 2.49. The van der Waals surface area contributed by atoms with Crippen LogP contribution in [0.3, 0.4) is 0 Å². The van der Waals surface area contributed by atoms with E-state index < -0.39 is 5.95 Å². The number of hydrogen-bond donors (Lipinski definition) is 0. The second-order valence-corrected chi connectivity index (χ2v) is 3.23. The lowest BCUT2D eigenvalue weighted by molar-refractivity contribution is 0.582. The second-order valence-electron chi connectivity index (χ2n) is 2.87. The van der Waals surface area contributed by atoms with Crippen LogP contribution in [0.5, 0.6) is 0 Å². The van der Waals surface area contributed by atoms with E-state index in [-0.39, 0.29) is 0 Å². The van der Waals surface area contributed by atoms with Crippen molar-refractivity contribution in [3.05, 3.63) is 41.2 Å². The van der Waals surface area contributed by atoms with E-state index in [1.54, 1.807) is 12.3 Å². The first-order valence-corrected chi connectivity index (χ1v) is 4.38. The molecule has 0 spiro atoms. The fourth-order valence-electron chi connectivity index (χ4n) is 1.09. The Morgan fingerprint density at radius 3 is 2.64 bits per heavy atom. The normalized spacial score (nSPS) is 10.5. The van der Waals surface area contributed by atoms with Gasteiger partial charge in [0.25, 0.3) is 0 Å². The first kappa shape index (κ1) is 9.15. The Morgan fingerprint density at radius 1 is 1.36 bits per heavy atom. The molecular weight excluding hydrogens is 205 g/mol. The lowest BCUT2D eigenvalue weighted by atomic mass is 10.4. The van der Waals surface area contributed by atoms with Gasteiger partial charge in [0, 0.05) is 5.56 Å². The summed E-state index contributed by atoms with van der Waals surface area (Å²) in [7, 11) is 0. The summed E-state index contributed by atoms with van der Waals surface area (Å²) in [6.45, 7) is 1.85. The van der Waals surface area contributed by atoms with Gasteiger partial charge in [-0.25, -0.2) is 9.67 Å². The van der Waals surface area contributed by atoms with E-state index in [1.807, 2.05) is 6.92 Å². The molecule has 2 aromatic rings. The number of aryl methyl sites for hydroxylation is 1. The number of nitrogens with zero attached hydrogens (tertiary/aromatic N) is 3. The molecule has 0 aliphatic rings. The molecule has 0 fully saturated rings. The van der Waals surface area contributed by atoms with Crippen LogP contribution in [0.15, 0.2) is 24.5 Å². The summed E-state index contributed by atoms with van der Waals surface area (Å²) in [5.41, 5.74) is 1.51. The summed E-state index contributed by atoms with van der Waals surface area (Å²) in [6, 6.07) is 2.84. The molecule has 2 rings (SSSR count). The Bertz CT molecular complexity index is 450. The molecule has 14 heavy (non-hydrogen) atoms. The average Bonchev–Trinajstić information content (AvgIpc) is 2.50. The minimum absolute atomic E-state index is 0.512. The van der Waals surface area contributed by atoms with Crippen molar-refractivity contribution in [3.8, 4) is 5.69 Å². The Kier molecular flexibility index (Phi) is 2.21. The van der Waals surface area contributed by atoms with Crippen molar-refractivity contribution in [2.24, 2.45) is 0 Å². The molecule has 0 aromatic carbocycles. The van der Waals surface area contributed by atoms with Crippen LogP contribution >= 0.6 is 11.6 Å².